The van der Waals surface area contributed by atoms with E-state index in [0.717, 1.165) is 47.5 Å². The van der Waals surface area contributed by atoms with Gasteiger partial charge in [-0.1, -0.05) is 55.3 Å². The largest absolute Gasteiger partial charge is 0.478 e. The molecule has 26 heavy (non-hydrogen) atoms. The first-order valence-electron chi connectivity index (χ1n) is 8.85. The Labute approximate surface area is 153 Å². The van der Waals surface area contributed by atoms with Crippen molar-refractivity contribution in [2.75, 3.05) is 0 Å². The van der Waals surface area contributed by atoms with Crippen molar-refractivity contribution in [3.05, 3.63) is 71.5 Å². The molecule has 1 heterocycles. The van der Waals surface area contributed by atoms with Crippen LogP contribution in [0.1, 0.15) is 41.4 Å². The molecule has 1 N–H and O–H groups in total. The van der Waals surface area contributed by atoms with E-state index < -0.39 is 5.97 Å². The molecule has 0 aliphatic rings. The summed E-state index contributed by atoms with van der Waals surface area (Å²) in [5, 5.41) is 9.12. The molecule has 2 aromatic carbocycles. The Hall–Kier alpha value is -3.01. The van der Waals surface area contributed by atoms with Crippen molar-refractivity contribution in [1.82, 2.24) is 9.97 Å². The minimum atomic E-state index is -0.932. The first-order valence-corrected chi connectivity index (χ1v) is 8.85. The van der Waals surface area contributed by atoms with E-state index in [4.69, 9.17) is 10.1 Å². The van der Waals surface area contributed by atoms with Gasteiger partial charge in [0.15, 0.2) is 0 Å². The van der Waals surface area contributed by atoms with Gasteiger partial charge >= 0.3 is 5.97 Å². The van der Waals surface area contributed by atoms with Crippen molar-refractivity contribution < 1.29 is 9.90 Å². The van der Waals surface area contributed by atoms with E-state index in [1.807, 2.05) is 18.3 Å². The van der Waals surface area contributed by atoms with Crippen molar-refractivity contribution in [3.8, 4) is 22.5 Å². The van der Waals surface area contributed by atoms with E-state index in [0.29, 0.717) is 0 Å². The van der Waals surface area contributed by atoms with Crippen molar-refractivity contribution in [2.24, 2.45) is 0 Å². The number of carbonyl (C=O) groups is 1. The number of carboxylic acid groups (broad SMARTS) is 1. The number of aromatic nitrogens is 2. The van der Waals surface area contributed by atoms with Crippen molar-refractivity contribution in [2.45, 2.75) is 33.1 Å². The number of carboxylic acids is 1. The average Bonchev–Trinajstić information content (AvgIpc) is 2.67. The fraction of sp³-hybridized carbons (Fsp3) is 0.227. The SMILES string of the molecule is CCCCc1cnc(-c2ccc(C)cc2)c(-c2ccc(C(=O)O)cc2)n1. The third kappa shape index (κ3) is 3.97. The monoisotopic (exact) mass is 346 g/mol. The quantitative estimate of drug-likeness (QED) is 0.669. The number of benzene rings is 2. The highest BCUT2D eigenvalue weighted by Gasteiger charge is 2.13. The van der Waals surface area contributed by atoms with Crippen LogP contribution in [0.25, 0.3) is 22.5 Å². The number of aryl methyl sites for hydroxylation is 2. The second-order valence-electron chi connectivity index (χ2n) is 6.41. The van der Waals surface area contributed by atoms with Gasteiger partial charge in [0.05, 0.1) is 22.6 Å². The topological polar surface area (TPSA) is 63.1 Å². The van der Waals surface area contributed by atoms with Gasteiger partial charge < -0.3 is 5.11 Å². The molecule has 0 aliphatic carbocycles. The highest BCUT2D eigenvalue weighted by molar-refractivity contribution is 5.88. The molecule has 0 saturated carbocycles. The van der Waals surface area contributed by atoms with E-state index in [2.05, 4.69) is 31.0 Å². The normalized spacial score (nSPS) is 10.7. The van der Waals surface area contributed by atoms with Crippen LogP contribution in [0.2, 0.25) is 0 Å². The highest BCUT2D eigenvalue weighted by Crippen LogP contribution is 2.29. The predicted octanol–water partition coefficient (Wildman–Crippen LogP) is 5.16. The zero-order valence-electron chi connectivity index (χ0n) is 15.1. The van der Waals surface area contributed by atoms with Crippen LogP contribution < -0.4 is 0 Å². The molecule has 0 atom stereocenters. The molecule has 0 spiro atoms. The Bertz CT molecular complexity index is 900. The highest BCUT2D eigenvalue weighted by atomic mass is 16.4. The van der Waals surface area contributed by atoms with Gasteiger partial charge in [-0.25, -0.2) is 9.78 Å². The third-order valence-electron chi connectivity index (χ3n) is 4.34. The number of unbranched alkanes of at least 4 members (excludes halogenated alkanes) is 1. The molecule has 0 amide bonds. The molecule has 0 bridgehead atoms. The summed E-state index contributed by atoms with van der Waals surface area (Å²) in [7, 11) is 0. The maximum absolute atomic E-state index is 11.1. The zero-order chi connectivity index (χ0) is 18.5. The Morgan fingerprint density at radius 2 is 1.58 bits per heavy atom. The number of hydrogen-bond acceptors (Lipinski definition) is 3. The molecule has 132 valence electrons. The number of nitrogens with zero attached hydrogens (tertiary/aromatic N) is 2. The minimum Gasteiger partial charge on any atom is -0.478 e. The van der Waals surface area contributed by atoms with Gasteiger partial charge in [0.2, 0.25) is 0 Å². The molecule has 4 nitrogen and oxygen atoms in total. The molecule has 0 unspecified atom stereocenters. The lowest BCUT2D eigenvalue weighted by Gasteiger charge is -2.11. The summed E-state index contributed by atoms with van der Waals surface area (Å²) in [6.07, 6.45) is 4.90. The molecule has 3 rings (SSSR count). The van der Waals surface area contributed by atoms with Gasteiger partial charge in [-0.05, 0) is 31.9 Å². The molecular formula is C22H22N2O2. The predicted molar refractivity (Wildman–Crippen MR) is 103 cm³/mol. The lowest BCUT2D eigenvalue weighted by Crippen LogP contribution is -2.00. The van der Waals surface area contributed by atoms with Crippen molar-refractivity contribution in [3.63, 3.8) is 0 Å². The van der Waals surface area contributed by atoms with Gasteiger partial charge in [-0.3, -0.25) is 4.98 Å². The summed E-state index contributed by atoms with van der Waals surface area (Å²) in [5.41, 5.74) is 5.89. The minimum absolute atomic E-state index is 0.265. The summed E-state index contributed by atoms with van der Waals surface area (Å²) in [4.78, 5) is 20.6. The third-order valence-corrected chi connectivity index (χ3v) is 4.34. The van der Waals surface area contributed by atoms with Crippen LogP contribution in [0.4, 0.5) is 0 Å². The number of rotatable bonds is 6. The summed E-state index contributed by atoms with van der Waals surface area (Å²) < 4.78 is 0. The van der Waals surface area contributed by atoms with Crippen LogP contribution in [0.15, 0.2) is 54.7 Å². The van der Waals surface area contributed by atoms with E-state index in [-0.39, 0.29) is 5.56 Å². The van der Waals surface area contributed by atoms with Crippen LogP contribution >= 0.6 is 0 Å². The molecule has 0 aliphatic heterocycles. The van der Waals surface area contributed by atoms with Gasteiger partial charge in [-0.15, -0.1) is 0 Å². The summed E-state index contributed by atoms with van der Waals surface area (Å²) in [5.74, 6) is -0.932. The molecule has 4 heteroatoms. The first kappa shape index (κ1) is 17.8. The lowest BCUT2D eigenvalue weighted by atomic mass is 10.0. The lowest BCUT2D eigenvalue weighted by molar-refractivity contribution is 0.0697. The first-order chi connectivity index (χ1) is 12.6. The summed E-state index contributed by atoms with van der Waals surface area (Å²) >= 11 is 0. The Morgan fingerprint density at radius 3 is 2.19 bits per heavy atom. The second-order valence-corrected chi connectivity index (χ2v) is 6.41. The van der Waals surface area contributed by atoms with Gasteiger partial charge in [0.25, 0.3) is 0 Å². The Balaban J connectivity index is 2.08. The second kappa shape index (κ2) is 7.91. The molecular weight excluding hydrogens is 324 g/mol. The molecule has 3 aromatic rings. The number of hydrogen-bond donors (Lipinski definition) is 1. The van der Waals surface area contributed by atoms with Crippen LogP contribution in [-0.4, -0.2) is 21.0 Å². The van der Waals surface area contributed by atoms with E-state index >= 15 is 0 Å². The average molecular weight is 346 g/mol. The standard InChI is InChI=1S/C22H22N2O2/c1-3-4-5-19-14-23-20(16-8-6-15(2)7-9-16)21(24-19)17-10-12-18(13-11-17)22(25)26/h6-14H,3-5H2,1-2H3,(H,25,26). The summed E-state index contributed by atoms with van der Waals surface area (Å²) in [6, 6.07) is 15.0. The Morgan fingerprint density at radius 1 is 0.962 bits per heavy atom. The molecule has 1 aromatic heterocycles. The fourth-order valence-corrected chi connectivity index (χ4v) is 2.80. The van der Waals surface area contributed by atoms with Crippen LogP contribution in [-0.2, 0) is 6.42 Å². The molecule has 0 radical (unpaired) electrons. The fourth-order valence-electron chi connectivity index (χ4n) is 2.80. The van der Waals surface area contributed by atoms with E-state index in [1.165, 1.54) is 5.56 Å². The smallest absolute Gasteiger partial charge is 0.335 e. The van der Waals surface area contributed by atoms with E-state index in [9.17, 15) is 4.79 Å². The van der Waals surface area contributed by atoms with Crippen LogP contribution in [0, 0.1) is 6.92 Å². The Kier molecular flexibility index (Phi) is 5.42. The maximum atomic E-state index is 11.1. The molecule has 0 saturated heterocycles. The summed E-state index contributed by atoms with van der Waals surface area (Å²) in [6.45, 7) is 4.20. The van der Waals surface area contributed by atoms with E-state index in [1.54, 1.807) is 24.3 Å². The van der Waals surface area contributed by atoms with Crippen molar-refractivity contribution >= 4 is 5.97 Å². The van der Waals surface area contributed by atoms with Crippen LogP contribution in [0.5, 0.6) is 0 Å². The molecule has 0 fully saturated rings. The van der Waals surface area contributed by atoms with Gasteiger partial charge in [0, 0.05) is 17.3 Å². The zero-order valence-corrected chi connectivity index (χ0v) is 15.1. The maximum Gasteiger partial charge on any atom is 0.335 e. The van der Waals surface area contributed by atoms with Gasteiger partial charge in [-0.2, -0.15) is 0 Å². The number of aromatic carboxylic acids is 1. The van der Waals surface area contributed by atoms with Gasteiger partial charge in [0.1, 0.15) is 0 Å². The van der Waals surface area contributed by atoms with Crippen LogP contribution in [0.3, 0.4) is 0 Å². The van der Waals surface area contributed by atoms with Crippen molar-refractivity contribution in [1.29, 1.82) is 0 Å².